The van der Waals surface area contributed by atoms with Gasteiger partial charge in [0.05, 0.1) is 10.9 Å². The Kier molecular flexibility index (Phi) is 6.72. The van der Waals surface area contributed by atoms with Gasteiger partial charge in [0.2, 0.25) is 0 Å². The van der Waals surface area contributed by atoms with Crippen molar-refractivity contribution < 1.29 is 23.8 Å². The Hall–Kier alpha value is -2.90. The second-order valence-electron chi connectivity index (χ2n) is 8.02. The highest BCUT2D eigenvalue weighted by Gasteiger charge is 2.31. The topological polar surface area (TPSA) is 79.7 Å². The number of piperidine rings is 1. The van der Waals surface area contributed by atoms with Crippen LogP contribution in [0.15, 0.2) is 42.6 Å². The first-order chi connectivity index (χ1) is 15.7. The molecule has 1 fully saturated rings. The van der Waals surface area contributed by atoms with Crippen molar-refractivity contribution in [2.24, 2.45) is 5.92 Å². The Morgan fingerprint density at radius 2 is 1.97 bits per heavy atom. The number of carbonyl (C=O) groups is 2. The zero-order valence-corrected chi connectivity index (χ0v) is 19.2. The quantitative estimate of drug-likeness (QED) is 0.481. The van der Waals surface area contributed by atoms with Gasteiger partial charge in [0.25, 0.3) is 5.91 Å². The number of amides is 1. The molecule has 4 rings (SSSR count). The lowest BCUT2D eigenvalue weighted by Gasteiger charge is -2.32. The maximum absolute atomic E-state index is 13.5. The highest BCUT2D eigenvalue weighted by Crippen LogP contribution is 2.37. The van der Waals surface area contributed by atoms with Crippen molar-refractivity contribution in [2.75, 3.05) is 13.1 Å². The third kappa shape index (κ3) is 4.89. The number of aliphatic carboxylic acids is 1. The van der Waals surface area contributed by atoms with Gasteiger partial charge >= 0.3 is 5.97 Å². The fraction of sp³-hybridized carbons (Fsp3) is 0.292. The van der Waals surface area contributed by atoms with E-state index in [-0.39, 0.29) is 22.6 Å². The number of carboxylic acid groups (broad SMARTS) is 1. The normalized spacial score (nSPS) is 17.1. The van der Waals surface area contributed by atoms with E-state index in [4.69, 9.17) is 27.9 Å². The van der Waals surface area contributed by atoms with Gasteiger partial charge in [-0.15, -0.1) is 0 Å². The van der Waals surface area contributed by atoms with Crippen molar-refractivity contribution in [1.29, 1.82) is 0 Å². The number of carbonyl (C=O) groups excluding carboxylic acids is 1. The van der Waals surface area contributed by atoms with Crippen molar-refractivity contribution in [2.45, 2.75) is 25.9 Å². The second kappa shape index (κ2) is 9.53. The first-order valence-electron chi connectivity index (χ1n) is 10.5. The molecule has 0 unspecified atom stereocenters. The molecule has 0 radical (unpaired) electrons. The number of aromatic nitrogens is 1. The van der Waals surface area contributed by atoms with Crippen molar-refractivity contribution in [1.82, 2.24) is 9.88 Å². The Bertz CT molecular complexity index is 1240. The second-order valence-corrected chi connectivity index (χ2v) is 8.78. The average Bonchev–Trinajstić information content (AvgIpc) is 2.79. The molecule has 9 heteroatoms. The van der Waals surface area contributed by atoms with Gasteiger partial charge in [-0.25, -0.2) is 9.37 Å². The van der Waals surface area contributed by atoms with Crippen molar-refractivity contribution in [3.05, 3.63) is 58.6 Å². The molecular formula is C24H21Cl2FN2O4. The van der Waals surface area contributed by atoms with Crippen LogP contribution in [0.4, 0.5) is 4.39 Å². The Morgan fingerprint density at radius 3 is 2.70 bits per heavy atom. The predicted molar refractivity (Wildman–Crippen MR) is 124 cm³/mol. The lowest BCUT2D eigenvalue weighted by molar-refractivity contribution is -0.147. The number of hydrogen-bond donors (Lipinski definition) is 1. The summed E-state index contributed by atoms with van der Waals surface area (Å²) in [6.07, 6.45) is 1.97. The summed E-state index contributed by atoms with van der Waals surface area (Å²) in [6.45, 7) is 2.31. The molecule has 2 aromatic carbocycles. The monoisotopic (exact) mass is 490 g/mol. The van der Waals surface area contributed by atoms with Crippen LogP contribution < -0.4 is 4.74 Å². The molecule has 0 aliphatic carbocycles. The Morgan fingerprint density at radius 1 is 1.18 bits per heavy atom. The fourth-order valence-corrected chi connectivity index (χ4v) is 4.55. The molecule has 33 heavy (non-hydrogen) atoms. The number of carboxylic acids is 1. The zero-order chi connectivity index (χ0) is 23.7. The summed E-state index contributed by atoms with van der Waals surface area (Å²) in [4.78, 5) is 29.9. The minimum absolute atomic E-state index is 0.178. The lowest BCUT2D eigenvalue weighted by atomic mass is 9.98. The molecule has 0 spiro atoms. The van der Waals surface area contributed by atoms with Crippen LogP contribution in [0.1, 0.15) is 19.8 Å². The number of hydrogen-bond acceptors (Lipinski definition) is 4. The van der Waals surface area contributed by atoms with Crippen LogP contribution in [0.5, 0.6) is 5.75 Å². The van der Waals surface area contributed by atoms with Gasteiger partial charge in [-0.2, -0.15) is 0 Å². The molecule has 3 aromatic rings. The fourth-order valence-electron chi connectivity index (χ4n) is 4.08. The minimum Gasteiger partial charge on any atom is -0.481 e. The molecule has 0 saturated carbocycles. The maximum Gasteiger partial charge on any atom is 0.308 e. The number of rotatable bonds is 5. The maximum atomic E-state index is 13.5. The third-order valence-electron chi connectivity index (χ3n) is 5.77. The molecule has 0 bridgehead atoms. The summed E-state index contributed by atoms with van der Waals surface area (Å²) < 4.78 is 19.4. The van der Waals surface area contributed by atoms with Gasteiger partial charge in [-0.05, 0) is 61.5 Å². The number of fused-ring (bicyclic) bond motifs is 1. The van der Waals surface area contributed by atoms with E-state index in [0.29, 0.717) is 41.6 Å². The lowest BCUT2D eigenvalue weighted by Crippen LogP contribution is -2.47. The van der Waals surface area contributed by atoms with E-state index in [1.54, 1.807) is 37.4 Å². The zero-order valence-electron chi connectivity index (χ0n) is 17.7. The molecular weight excluding hydrogens is 470 g/mol. The highest BCUT2D eigenvalue weighted by atomic mass is 35.5. The van der Waals surface area contributed by atoms with Gasteiger partial charge in [-0.1, -0.05) is 23.2 Å². The van der Waals surface area contributed by atoms with Crippen molar-refractivity contribution >= 4 is 45.9 Å². The van der Waals surface area contributed by atoms with Crippen molar-refractivity contribution in [3.63, 3.8) is 0 Å². The molecule has 1 saturated heterocycles. The first kappa shape index (κ1) is 23.3. The number of likely N-dealkylation sites (tertiary alicyclic amines) is 1. The SMILES string of the molecule is C[C@@H](Oc1ccc2c(-c3ccc(F)cc3Cl)cnc(Cl)c2c1)C(=O)N1CCC[C@H](C(=O)O)C1. The summed E-state index contributed by atoms with van der Waals surface area (Å²) in [5, 5.41) is 11.1. The van der Waals surface area contributed by atoms with E-state index in [1.165, 1.54) is 17.0 Å². The van der Waals surface area contributed by atoms with Gasteiger partial charge < -0.3 is 14.7 Å². The van der Waals surface area contributed by atoms with Crippen LogP contribution in [-0.2, 0) is 9.59 Å². The molecule has 1 N–H and O–H groups in total. The van der Waals surface area contributed by atoms with Crippen LogP contribution in [0.2, 0.25) is 10.2 Å². The first-order valence-corrected chi connectivity index (χ1v) is 11.2. The third-order valence-corrected chi connectivity index (χ3v) is 6.39. The summed E-state index contributed by atoms with van der Waals surface area (Å²) in [5.74, 6) is -1.74. The molecule has 172 valence electrons. The molecule has 1 aromatic heterocycles. The van der Waals surface area contributed by atoms with Gasteiger partial charge in [0.15, 0.2) is 6.10 Å². The molecule has 1 aliphatic rings. The molecule has 1 amide bonds. The molecule has 2 atom stereocenters. The van der Waals surface area contributed by atoms with Gasteiger partial charge in [-0.3, -0.25) is 9.59 Å². The number of pyridine rings is 1. The molecule has 6 nitrogen and oxygen atoms in total. The average molecular weight is 491 g/mol. The summed E-state index contributed by atoms with van der Waals surface area (Å²) in [6, 6.07) is 9.31. The van der Waals surface area contributed by atoms with E-state index < -0.39 is 23.8 Å². The van der Waals surface area contributed by atoms with E-state index in [0.717, 1.165) is 5.39 Å². The van der Waals surface area contributed by atoms with E-state index in [1.807, 2.05) is 0 Å². The summed E-state index contributed by atoms with van der Waals surface area (Å²) in [7, 11) is 0. The Labute approximate surface area is 199 Å². The van der Waals surface area contributed by atoms with Gasteiger partial charge in [0, 0.05) is 35.8 Å². The number of halogens is 3. The molecule has 1 aliphatic heterocycles. The number of ether oxygens (including phenoxy) is 1. The van der Waals surface area contributed by atoms with Crippen LogP contribution in [-0.4, -0.2) is 46.1 Å². The van der Waals surface area contributed by atoms with Crippen molar-refractivity contribution in [3.8, 4) is 16.9 Å². The standard InChI is InChI=1S/C24H21Cl2FN2O4/c1-13(23(30)29-8-2-3-14(12-29)24(31)32)33-16-5-7-17-19(10-16)22(26)28-11-20(17)18-6-4-15(27)9-21(18)25/h4-7,9-11,13-14H,2-3,8,12H2,1H3,(H,31,32)/t13-,14+/m1/s1. The van der Waals surface area contributed by atoms with E-state index in [9.17, 15) is 19.1 Å². The van der Waals surface area contributed by atoms with Crippen LogP contribution in [0.25, 0.3) is 21.9 Å². The summed E-state index contributed by atoms with van der Waals surface area (Å²) >= 11 is 12.6. The predicted octanol–water partition coefficient (Wildman–Crippen LogP) is 5.44. The van der Waals surface area contributed by atoms with Crippen LogP contribution in [0, 0.1) is 11.7 Å². The van der Waals surface area contributed by atoms with E-state index in [2.05, 4.69) is 4.98 Å². The molecule has 2 heterocycles. The number of nitrogens with zero attached hydrogens (tertiary/aromatic N) is 2. The Balaban J connectivity index is 1.59. The van der Waals surface area contributed by atoms with E-state index >= 15 is 0 Å². The summed E-state index contributed by atoms with van der Waals surface area (Å²) in [5.41, 5.74) is 1.30. The number of benzene rings is 2. The van der Waals surface area contributed by atoms with Crippen LogP contribution >= 0.6 is 23.2 Å². The van der Waals surface area contributed by atoms with Gasteiger partial charge in [0.1, 0.15) is 16.7 Å². The van der Waals surface area contributed by atoms with Crippen LogP contribution in [0.3, 0.4) is 0 Å². The minimum atomic E-state index is -0.894. The highest BCUT2D eigenvalue weighted by molar-refractivity contribution is 6.36. The smallest absolute Gasteiger partial charge is 0.308 e. The largest absolute Gasteiger partial charge is 0.481 e.